The lowest BCUT2D eigenvalue weighted by molar-refractivity contribution is 0.111. The van der Waals surface area contributed by atoms with Crippen LogP contribution in [0.3, 0.4) is 0 Å². The number of likely N-dealkylation sites (N-methyl/N-ethyl adjacent to an activating group) is 1. The molecular weight excluding hydrogens is 308 g/mol. The average molecular weight is 327 g/mol. The molecule has 1 saturated heterocycles. The third kappa shape index (κ3) is 4.03. The lowest BCUT2D eigenvalue weighted by atomic mass is 10.2. The molecule has 0 aromatic heterocycles. The summed E-state index contributed by atoms with van der Waals surface area (Å²) in [6.07, 6.45) is 0.829. The van der Waals surface area contributed by atoms with Gasteiger partial charge in [-0.2, -0.15) is 0 Å². The summed E-state index contributed by atoms with van der Waals surface area (Å²) in [7, 11) is 2.14. The molecule has 1 heterocycles. The molecule has 0 saturated carbocycles. The number of para-hydroxylation sites is 1. The van der Waals surface area contributed by atoms with Crippen molar-refractivity contribution in [3.8, 4) is 5.75 Å². The second kappa shape index (κ2) is 7.03. The summed E-state index contributed by atoms with van der Waals surface area (Å²) in [5.41, 5.74) is 0.591. The number of nitrogens with zero attached hydrogens (tertiary/aromatic N) is 2. The lowest BCUT2D eigenvalue weighted by Crippen LogP contribution is -2.45. The summed E-state index contributed by atoms with van der Waals surface area (Å²) in [6.45, 7) is 5.87. The maximum Gasteiger partial charge on any atom is 0.153 e. The van der Waals surface area contributed by atoms with Crippen LogP contribution in [0, 0.1) is 0 Å². The van der Waals surface area contributed by atoms with E-state index in [9.17, 15) is 4.79 Å². The Labute approximate surface area is 122 Å². The Morgan fingerprint density at radius 2 is 2.05 bits per heavy atom. The van der Waals surface area contributed by atoms with Crippen LogP contribution in [0.5, 0.6) is 5.75 Å². The highest BCUT2D eigenvalue weighted by molar-refractivity contribution is 9.10. The van der Waals surface area contributed by atoms with Crippen molar-refractivity contribution in [1.29, 1.82) is 0 Å². The first kappa shape index (κ1) is 14.5. The Morgan fingerprint density at radius 1 is 1.32 bits per heavy atom. The standard InChI is InChI=1S/C14H19BrN2O2/c1-16-5-7-17(8-6-16)9-10-19-14-12(11-18)3-2-4-13(14)15/h2-4,11H,5-10H2,1H3. The van der Waals surface area contributed by atoms with Gasteiger partial charge in [-0.05, 0) is 35.1 Å². The van der Waals surface area contributed by atoms with Crippen LogP contribution >= 0.6 is 15.9 Å². The maximum absolute atomic E-state index is 11.0. The molecule has 0 amide bonds. The van der Waals surface area contributed by atoms with E-state index in [1.807, 2.05) is 12.1 Å². The Balaban J connectivity index is 1.84. The molecule has 0 bridgehead atoms. The molecule has 104 valence electrons. The van der Waals surface area contributed by atoms with Gasteiger partial charge < -0.3 is 9.64 Å². The van der Waals surface area contributed by atoms with E-state index in [4.69, 9.17) is 4.74 Å². The van der Waals surface area contributed by atoms with E-state index in [2.05, 4.69) is 32.8 Å². The van der Waals surface area contributed by atoms with Crippen molar-refractivity contribution in [2.75, 3.05) is 46.4 Å². The number of aldehydes is 1. The first-order chi connectivity index (χ1) is 9.20. The molecule has 0 radical (unpaired) electrons. The minimum Gasteiger partial charge on any atom is -0.490 e. The van der Waals surface area contributed by atoms with Gasteiger partial charge >= 0.3 is 0 Å². The number of carbonyl (C=O) groups excluding carboxylic acids is 1. The number of hydrogen-bond donors (Lipinski definition) is 0. The molecule has 5 heteroatoms. The quantitative estimate of drug-likeness (QED) is 0.773. The van der Waals surface area contributed by atoms with Crippen molar-refractivity contribution in [3.05, 3.63) is 28.2 Å². The number of carbonyl (C=O) groups is 1. The van der Waals surface area contributed by atoms with Crippen LogP contribution in [-0.2, 0) is 0 Å². The van der Waals surface area contributed by atoms with E-state index >= 15 is 0 Å². The molecule has 0 aliphatic carbocycles. The molecule has 1 aromatic rings. The number of rotatable bonds is 5. The molecule has 0 unspecified atom stereocenters. The van der Waals surface area contributed by atoms with Crippen LogP contribution in [0.4, 0.5) is 0 Å². The summed E-state index contributed by atoms with van der Waals surface area (Å²) in [5, 5.41) is 0. The van der Waals surface area contributed by atoms with Gasteiger partial charge in [0, 0.05) is 32.7 Å². The Kier molecular flexibility index (Phi) is 5.36. The van der Waals surface area contributed by atoms with Gasteiger partial charge in [-0.15, -0.1) is 0 Å². The Morgan fingerprint density at radius 3 is 2.74 bits per heavy atom. The molecule has 2 rings (SSSR count). The van der Waals surface area contributed by atoms with Gasteiger partial charge in [0.15, 0.2) is 6.29 Å². The molecule has 1 aliphatic rings. The Bertz CT molecular complexity index is 431. The fraction of sp³-hybridized carbons (Fsp3) is 0.500. The topological polar surface area (TPSA) is 32.8 Å². The van der Waals surface area contributed by atoms with Crippen molar-refractivity contribution in [2.24, 2.45) is 0 Å². The molecule has 0 atom stereocenters. The van der Waals surface area contributed by atoms with Crippen LogP contribution in [-0.4, -0.2) is 62.5 Å². The lowest BCUT2D eigenvalue weighted by Gasteiger charge is -2.32. The SMILES string of the molecule is CN1CCN(CCOc2c(Br)cccc2C=O)CC1. The molecule has 4 nitrogen and oxygen atoms in total. The predicted octanol–water partition coefficient (Wildman–Crippen LogP) is 1.89. The molecule has 0 spiro atoms. The molecule has 19 heavy (non-hydrogen) atoms. The minimum atomic E-state index is 0.591. The van der Waals surface area contributed by atoms with Crippen molar-refractivity contribution in [1.82, 2.24) is 9.80 Å². The maximum atomic E-state index is 11.0. The second-order valence-corrected chi connectivity index (χ2v) is 5.62. The van der Waals surface area contributed by atoms with E-state index in [1.165, 1.54) is 0 Å². The monoisotopic (exact) mass is 326 g/mol. The van der Waals surface area contributed by atoms with Gasteiger partial charge in [0.05, 0.1) is 10.0 Å². The number of benzene rings is 1. The van der Waals surface area contributed by atoms with Gasteiger partial charge in [0.2, 0.25) is 0 Å². The van der Waals surface area contributed by atoms with Crippen LogP contribution in [0.15, 0.2) is 22.7 Å². The van der Waals surface area contributed by atoms with Crippen LogP contribution in [0.25, 0.3) is 0 Å². The normalized spacial score (nSPS) is 17.4. The third-order valence-corrected chi connectivity index (χ3v) is 4.00. The summed E-state index contributed by atoms with van der Waals surface area (Å²) in [5.74, 6) is 0.645. The van der Waals surface area contributed by atoms with Crippen molar-refractivity contribution in [3.63, 3.8) is 0 Å². The van der Waals surface area contributed by atoms with Crippen LogP contribution in [0.2, 0.25) is 0 Å². The van der Waals surface area contributed by atoms with Crippen LogP contribution < -0.4 is 4.74 Å². The van der Waals surface area contributed by atoms with E-state index in [-0.39, 0.29) is 0 Å². The largest absolute Gasteiger partial charge is 0.490 e. The zero-order valence-electron chi connectivity index (χ0n) is 11.1. The first-order valence-electron chi connectivity index (χ1n) is 6.48. The van der Waals surface area contributed by atoms with Crippen molar-refractivity contribution in [2.45, 2.75) is 0 Å². The number of ether oxygens (including phenoxy) is 1. The molecule has 1 aromatic carbocycles. The van der Waals surface area contributed by atoms with E-state index < -0.39 is 0 Å². The van der Waals surface area contributed by atoms with E-state index in [1.54, 1.807) is 6.07 Å². The fourth-order valence-corrected chi connectivity index (χ4v) is 2.61. The smallest absolute Gasteiger partial charge is 0.153 e. The van der Waals surface area contributed by atoms with E-state index in [0.29, 0.717) is 17.9 Å². The number of halogens is 1. The van der Waals surface area contributed by atoms with Crippen molar-refractivity contribution >= 4 is 22.2 Å². The third-order valence-electron chi connectivity index (χ3n) is 3.37. The summed E-state index contributed by atoms with van der Waals surface area (Å²) >= 11 is 3.42. The van der Waals surface area contributed by atoms with Gasteiger partial charge in [-0.25, -0.2) is 0 Å². The fourth-order valence-electron chi connectivity index (χ4n) is 2.12. The first-order valence-corrected chi connectivity index (χ1v) is 7.27. The number of hydrogen-bond acceptors (Lipinski definition) is 4. The summed E-state index contributed by atoms with van der Waals surface area (Å²) in [6, 6.07) is 5.49. The van der Waals surface area contributed by atoms with Gasteiger partial charge in [-0.1, -0.05) is 6.07 Å². The molecule has 0 N–H and O–H groups in total. The molecule has 1 aliphatic heterocycles. The second-order valence-electron chi connectivity index (χ2n) is 4.77. The zero-order valence-corrected chi connectivity index (χ0v) is 12.7. The molecule has 1 fully saturated rings. The van der Waals surface area contributed by atoms with Gasteiger partial charge in [0.25, 0.3) is 0 Å². The highest BCUT2D eigenvalue weighted by Gasteiger charge is 2.14. The number of piperazine rings is 1. The zero-order chi connectivity index (χ0) is 13.7. The molecular formula is C14H19BrN2O2. The van der Waals surface area contributed by atoms with E-state index in [0.717, 1.165) is 43.5 Å². The minimum absolute atomic E-state index is 0.591. The predicted molar refractivity (Wildman–Crippen MR) is 79.0 cm³/mol. The Hall–Kier alpha value is -0.910. The van der Waals surface area contributed by atoms with Gasteiger partial charge in [0.1, 0.15) is 12.4 Å². The van der Waals surface area contributed by atoms with Gasteiger partial charge in [-0.3, -0.25) is 9.69 Å². The highest BCUT2D eigenvalue weighted by Crippen LogP contribution is 2.27. The van der Waals surface area contributed by atoms with Crippen molar-refractivity contribution < 1.29 is 9.53 Å². The highest BCUT2D eigenvalue weighted by atomic mass is 79.9. The average Bonchev–Trinajstić information content (AvgIpc) is 2.42. The van der Waals surface area contributed by atoms with Crippen LogP contribution in [0.1, 0.15) is 10.4 Å². The summed E-state index contributed by atoms with van der Waals surface area (Å²) < 4.78 is 6.58. The summed E-state index contributed by atoms with van der Waals surface area (Å²) in [4.78, 5) is 15.7.